The second kappa shape index (κ2) is 13.2. The van der Waals surface area contributed by atoms with Crippen LogP contribution in [0.4, 0.5) is 21.5 Å². The molecule has 0 saturated heterocycles. The molecule has 0 spiro atoms. The van der Waals surface area contributed by atoms with Gasteiger partial charge in [-0.3, -0.25) is 0 Å². The molecule has 234 valence electrons. The topological polar surface area (TPSA) is 3.24 Å². The normalized spacial score (nSPS) is 11.3. The van der Waals surface area contributed by atoms with Crippen LogP contribution in [0, 0.1) is 5.82 Å². The number of hydrogen-bond acceptors (Lipinski definition) is 1. The highest BCUT2D eigenvalue weighted by Crippen LogP contribution is 2.49. The van der Waals surface area contributed by atoms with E-state index in [2.05, 4.69) is 165 Å². The molecule has 2 heteroatoms. The zero-order valence-electron chi connectivity index (χ0n) is 27.6. The van der Waals surface area contributed by atoms with Gasteiger partial charge in [0, 0.05) is 22.5 Å². The van der Waals surface area contributed by atoms with Gasteiger partial charge in [-0.15, -0.1) is 0 Å². The van der Waals surface area contributed by atoms with Crippen molar-refractivity contribution in [1.82, 2.24) is 0 Å². The Kier molecular flexibility index (Phi) is 8.48. The highest BCUT2D eigenvalue weighted by Gasteiger charge is 2.25. The zero-order chi connectivity index (χ0) is 33.1. The van der Waals surface area contributed by atoms with Crippen molar-refractivity contribution >= 4 is 17.1 Å². The Morgan fingerprint density at radius 2 is 0.812 bits per heavy atom. The molecule has 0 fully saturated rings. The van der Waals surface area contributed by atoms with E-state index in [0.717, 1.165) is 67.1 Å². The summed E-state index contributed by atoms with van der Waals surface area (Å²) >= 11 is 0. The molecule has 0 saturated carbocycles. The van der Waals surface area contributed by atoms with E-state index in [1.807, 2.05) is 24.3 Å². The van der Waals surface area contributed by atoms with Gasteiger partial charge in [-0.1, -0.05) is 154 Å². The van der Waals surface area contributed by atoms with Crippen molar-refractivity contribution in [2.45, 2.75) is 26.2 Å². The lowest BCUT2D eigenvalue weighted by Crippen LogP contribution is -2.16. The summed E-state index contributed by atoms with van der Waals surface area (Å²) in [5, 5.41) is 0. The summed E-state index contributed by atoms with van der Waals surface area (Å²) in [4.78, 5) is 2.24. The van der Waals surface area contributed by atoms with Crippen molar-refractivity contribution < 1.29 is 4.39 Å². The van der Waals surface area contributed by atoms with Gasteiger partial charge >= 0.3 is 0 Å². The summed E-state index contributed by atoms with van der Waals surface area (Å²) in [5.41, 5.74) is 12.2. The van der Waals surface area contributed by atoms with E-state index in [4.69, 9.17) is 0 Å². The van der Waals surface area contributed by atoms with E-state index in [9.17, 15) is 0 Å². The van der Waals surface area contributed by atoms with Crippen LogP contribution < -0.4 is 4.90 Å². The molecule has 1 nitrogen and oxygen atoms in total. The molecule has 0 amide bonds. The van der Waals surface area contributed by atoms with Gasteiger partial charge in [0.05, 0.1) is 5.69 Å². The molecule has 7 aromatic carbocycles. The van der Waals surface area contributed by atoms with E-state index in [1.165, 1.54) is 0 Å². The predicted octanol–water partition coefficient (Wildman–Crippen LogP) is 13.3. The van der Waals surface area contributed by atoms with Crippen LogP contribution in [0.3, 0.4) is 0 Å². The Labute approximate surface area is 283 Å². The number of halogens is 1. The van der Waals surface area contributed by atoms with Crippen LogP contribution in [0.2, 0.25) is 0 Å². The number of hydrogen-bond donors (Lipinski definition) is 0. The van der Waals surface area contributed by atoms with Crippen molar-refractivity contribution in [3.05, 3.63) is 187 Å². The summed E-state index contributed by atoms with van der Waals surface area (Å²) < 4.78 is 15.7. The Bertz CT molecular complexity index is 2070. The van der Waals surface area contributed by atoms with Gasteiger partial charge in [0.25, 0.3) is 0 Å². The van der Waals surface area contributed by atoms with E-state index in [0.29, 0.717) is 0 Å². The molecule has 48 heavy (non-hydrogen) atoms. The van der Waals surface area contributed by atoms with Crippen molar-refractivity contribution in [3.8, 4) is 44.5 Å². The smallest absolute Gasteiger partial charge is 0.125 e. The maximum atomic E-state index is 15.7. The monoisotopic (exact) mass is 623 g/mol. The molecular weight excluding hydrogens is 586 g/mol. The Morgan fingerprint density at radius 3 is 1.27 bits per heavy atom. The maximum absolute atomic E-state index is 15.7. The van der Waals surface area contributed by atoms with Crippen LogP contribution in [0.1, 0.15) is 26.3 Å². The fraction of sp³-hybridized carbons (Fsp3) is 0.0870. The number of anilines is 3. The van der Waals surface area contributed by atoms with Crippen LogP contribution >= 0.6 is 0 Å². The van der Waals surface area contributed by atoms with Crippen molar-refractivity contribution in [3.63, 3.8) is 0 Å². The minimum absolute atomic E-state index is 0.249. The lowest BCUT2D eigenvalue weighted by molar-refractivity contribution is 0.572. The summed E-state index contributed by atoms with van der Waals surface area (Å²) in [5.74, 6) is -0.258. The molecule has 7 aromatic rings. The average Bonchev–Trinajstić information content (AvgIpc) is 3.13. The third-order valence-corrected chi connectivity index (χ3v) is 8.85. The van der Waals surface area contributed by atoms with Crippen molar-refractivity contribution in [2.75, 3.05) is 4.90 Å². The van der Waals surface area contributed by atoms with Gasteiger partial charge < -0.3 is 4.90 Å². The molecule has 0 heterocycles. The lowest BCUT2D eigenvalue weighted by atomic mass is 9.86. The molecule has 0 atom stereocenters. The number of rotatable bonds is 7. The molecule has 0 aliphatic carbocycles. The zero-order valence-corrected chi connectivity index (χ0v) is 27.6. The average molecular weight is 624 g/mol. The minimum Gasteiger partial charge on any atom is -0.309 e. The Balaban J connectivity index is 1.57. The molecule has 0 bridgehead atoms. The third kappa shape index (κ3) is 6.43. The first-order chi connectivity index (χ1) is 23.3. The first kappa shape index (κ1) is 30.9. The fourth-order valence-electron chi connectivity index (χ4n) is 6.33. The van der Waals surface area contributed by atoms with E-state index < -0.39 is 0 Å². The molecule has 0 unspecified atom stereocenters. The van der Waals surface area contributed by atoms with E-state index in [-0.39, 0.29) is 11.2 Å². The lowest BCUT2D eigenvalue weighted by Gasteiger charge is -2.32. The van der Waals surface area contributed by atoms with E-state index >= 15 is 4.39 Å². The molecule has 0 aliphatic rings. The molecule has 7 rings (SSSR count). The second-order valence-electron chi connectivity index (χ2n) is 13.2. The van der Waals surface area contributed by atoms with Crippen LogP contribution in [-0.4, -0.2) is 0 Å². The quantitative estimate of drug-likeness (QED) is 0.171. The first-order valence-corrected chi connectivity index (χ1v) is 16.5. The fourth-order valence-corrected chi connectivity index (χ4v) is 6.33. The maximum Gasteiger partial charge on any atom is 0.125 e. The van der Waals surface area contributed by atoms with Crippen LogP contribution in [0.25, 0.3) is 44.5 Å². The third-order valence-electron chi connectivity index (χ3n) is 8.85. The highest BCUT2D eigenvalue weighted by molar-refractivity contribution is 6.00. The molecule has 0 aliphatic heterocycles. The van der Waals surface area contributed by atoms with Gasteiger partial charge in [-0.2, -0.15) is 0 Å². The Hall–Kier alpha value is -5.73. The molecule has 0 N–H and O–H groups in total. The van der Waals surface area contributed by atoms with Gasteiger partial charge in [0.1, 0.15) is 5.82 Å². The first-order valence-electron chi connectivity index (χ1n) is 16.5. The highest BCUT2D eigenvalue weighted by atomic mass is 19.1. The molecule has 0 aromatic heterocycles. The van der Waals surface area contributed by atoms with Crippen LogP contribution in [-0.2, 0) is 5.41 Å². The Morgan fingerprint density at radius 1 is 0.396 bits per heavy atom. The van der Waals surface area contributed by atoms with Gasteiger partial charge in [0.15, 0.2) is 0 Å². The summed E-state index contributed by atoms with van der Waals surface area (Å²) in [6.07, 6.45) is 0. The number of nitrogens with zero attached hydrogens (tertiary/aromatic N) is 1. The van der Waals surface area contributed by atoms with Crippen LogP contribution in [0.15, 0.2) is 176 Å². The predicted molar refractivity (Wildman–Crippen MR) is 202 cm³/mol. The molecule has 0 radical (unpaired) electrons. The van der Waals surface area contributed by atoms with Gasteiger partial charge in [-0.05, 0) is 86.8 Å². The SMILES string of the molecule is CC(C)(C)c1cc(F)cc(N(c2ccc(-c3ccccc3)cc2)c2c(-c3ccccc3)cc(-c3ccccc3)cc2-c2ccccc2)c1. The van der Waals surface area contributed by atoms with Gasteiger partial charge in [-0.25, -0.2) is 4.39 Å². The van der Waals surface area contributed by atoms with Crippen molar-refractivity contribution in [2.24, 2.45) is 0 Å². The second-order valence-corrected chi connectivity index (χ2v) is 13.2. The summed E-state index contributed by atoms with van der Waals surface area (Å²) in [7, 11) is 0. The standard InChI is InChI=1S/C46H38FN/c1-46(2,3)39-30-40(47)32-42(31-39)48(41-26-24-35(25-27-41)33-16-8-4-9-17-33)45-43(36-20-12-6-13-21-36)28-38(34-18-10-5-11-19-34)29-44(45)37-22-14-7-15-23-37/h4-32H,1-3H3. The summed E-state index contributed by atoms with van der Waals surface area (Å²) in [6, 6.07) is 60.6. The number of benzene rings is 7. The summed E-state index contributed by atoms with van der Waals surface area (Å²) in [6.45, 7) is 6.39. The van der Waals surface area contributed by atoms with Crippen molar-refractivity contribution in [1.29, 1.82) is 0 Å². The largest absolute Gasteiger partial charge is 0.309 e. The molecular formula is C46H38FN. The minimum atomic E-state index is -0.258. The van der Waals surface area contributed by atoms with Gasteiger partial charge in [0.2, 0.25) is 0 Å². The van der Waals surface area contributed by atoms with E-state index in [1.54, 1.807) is 12.1 Å². The van der Waals surface area contributed by atoms with Crippen LogP contribution in [0.5, 0.6) is 0 Å².